The van der Waals surface area contributed by atoms with Crippen molar-refractivity contribution in [2.45, 2.75) is 0 Å². The molecule has 0 spiro atoms. The fourth-order valence-electron chi connectivity index (χ4n) is 8.48. The summed E-state index contributed by atoms with van der Waals surface area (Å²) in [6, 6.07) is 76.6. The number of hydrogen-bond acceptors (Lipinski definition) is 2. The Bertz CT molecular complexity index is 3230. The summed E-state index contributed by atoms with van der Waals surface area (Å²) in [5, 5.41) is 9.56. The van der Waals surface area contributed by atoms with E-state index in [1.54, 1.807) is 0 Å². The van der Waals surface area contributed by atoms with Gasteiger partial charge < -0.3 is 9.32 Å². The molecule has 11 aromatic rings. The number of nitrogens with zero attached hydrogens (tertiary/aromatic N) is 1. The summed E-state index contributed by atoms with van der Waals surface area (Å²) >= 11 is 0. The molecule has 0 N–H and O–H groups in total. The molecule has 0 aliphatic heterocycles. The maximum absolute atomic E-state index is 6.40. The number of fused-ring (bicyclic) bond motifs is 6. The first-order valence-corrected chi connectivity index (χ1v) is 19.2. The minimum absolute atomic E-state index is 0.892. The van der Waals surface area contributed by atoms with Crippen molar-refractivity contribution in [1.29, 1.82) is 0 Å². The third-order valence-electron chi connectivity index (χ3n) is 11.2. The molecule has 1 heterocycles. The molecule has 0 fully saturated rings. The first-order valence-electron chi connectivity index (χ1n) is 19.2. The van der Waals surface area contributed by atoms with Gasteiger partial charge in [0.05, 0.1) is 11.4 Å². The van der Waals surface area contributed by atoms with Crippen LogP contribution < -0.4 is 4.90 Å². The Morgan fingerprint density at radius 2 is 0.804 bits per heavy atom. The Kier molecular flexibility index (Phi) is 7.53. The van der Waals surface area contributed by atoms with Crippen molar-refractivity contribution in [3.63, 3.8) is 0 Å². The summed E-state index contributed by atoms with van der Waals surface area (Å²) in [5.74, 6) is 0. The lowest BCUT2D eigenvalue weighted by atomic mass is 9.96. The van der Waals surface area contributed by atoms with E-state index in [2.05, 4.69) is 217 Å². The lowest BCUT2D eigenvalue weighted by Gasteiger charge is -2.29. The van der Waals surface area contributed by atoms with Crippen molar-refractivity contribution in [3.05, 3.63) is 212 Å². The SMILES string of the molecule is c1ccc(N(c2ccc(-c3ccc(-c4cccc5ccccc45)cc3)cc2)c2cccc3ccccc23)c(-c2ccc3oc4cc5ccccc5cc4c3c2)c1. The molecule has 0 radical (unpaired) electrons. The zero-order valence-corrected chi connectivity index (χ0v) is 30.6. The van der Waals surface area contributed by atoms with Crippen molar-refractivity contribution < 1.29 is 4.42 Å². The van der Waals surface area contributed by atoms with Crippen LogP contribution in [0.5, 0.6) is 0 Å². The molecule has 0 aliphatic carbocycles. The highest BCUT2D eigenvalue weighted by Gasteiger charge is 2.20. The van der Waals surface area contributed by atoms with Crippen molar-refractivity contribution in [2.75, 3.05) is 4.90 Å². The standard InChI is InChI=1S/C54H35NO/c1-2-14-42-35-54-50(33-41(42)13-1)49-34-43(29-32-53(49)56-54)48-19-7-8-21-51(48)55(52-22-10-16-39-12-4-6-18-47(39)52)44-30-27-37(28-31-44)36-23-25-40(26-24-36)46-20-9-15-38-11-3-5-17-45(38)46/h1-35H. The molecule has 56 heavy (non-hydrogen) atoms. The Morgan fingerprint density at radius 1 is 0.286 bits per heavy atom. The van der Waals surface area contributed by atoms with E-state index in [4.69, 9.17) is 4.42 Å². The molecular weight excluding hydrogens is 679 g/mol. The third-order valence-corrected chi connectivity index (χ3v) is 11.2. The Morgan fingerprint density at radius 3 is 1.59 bits per heavy atom. The third kappa shape index (κ3) is 5.42. The molecule has 2 nitrogen and oxygen atoms in total. The van der Waals surface area contributed by atoms with E-state index in [0.29, 0.717) is 0 Å². The highest BCUT2D eigenvalue weighted by molar-refractivity contribution is 6.11. The largest absolute Gasteiger partial charge is 0.456 e. The molecule has 11 rings (SSSR count). The average molecular weight is 714 g/mol. The van der Waals surface area contributed by atoms with Gasteiger partial charge in [-0.25, -0.2) is 0 Å². The summed E-state index contributed by atoms with van der Waals surface area (Å²) in [6.07, 6.45) is 0. The molecule has 0 saturated carbocycles. The van der Waals surface area contributed by atoms with E-state index >= 15 is 0 Å². The minimum atomic E-state index is 0.892. The summed E-state index contributed by atoms with van der Waals surface area (Å²) in [4.78, 5) is 2.41. The normalized spacial score (nSPS) is 11.6. The Hall–Kier alpha value is -7.42. The fourth-order valence-corrected chi connectivity index (χ4v) is 8.48. The quantitative estimate of drug-likeness (QED) is 0.171. The summed E-state index contributed by atoms with van der Waals surface area (Å²) in [6.45, 7) is 0. The van der Waals surface area contributed by atoms with E-state index in [0.717, 1.165) is 50.1 Å². The number of anilines is 3. The molecule has 262 valence electrons. The van der Waals surface area contributed by atoms with Gasteiger partial charge in [0.15, 0.2) is 0 Å². The number of para-hydroxylation sites is 1. The van der Waals surface area contributed by atoms with Gasteiger partial charge >= 0.3 is 0 Å². The second-order valence-corrected chi connectivity index (χ2v) is 14.5. The van der Waals surface area contributed by atoms with Crippen molar-refractivity contribution in [2.24, 2.45) is 0 Å². The molecule has 1 aromatic heterocycles. The van der Waals surface area contributed by atoms with Crippen molar-refractivity contribution >= 4 is 71.3 Å². The number of rotatable bonds is 6. The van der Waals surface area contributed by atoms with E-state index < -0.39 is 0 Å². The summed E-state index contributed by atoms with van der Waals surface area (Å²) in [5.41, 5.74) is 12.2. The lowest BCUT2D eigenvalue weighted by molar-refractivity contribution is 0.669. The number of furan rings is 1. The predicted molar refractivity (Wildman–Crippen MR) is 237 cm³/mol. The fraction of sp³-hybridized carbons (Fsp3) is 0. The first kappa shape index (κ1) is 32.0. The summed E-state index contributed by atoms with van der Waals surface area (Å²) in [7, 11) is 0. The van der Waals surface area contributed by atoms with Crippen LogP contribution in [0.1, 0.15) is 0 Å². The van der Waals surface area contributed by atoms with Crippen LogP contribution in [0.4, 0.5) is 17.1 Å². The van der Waals surface area contributed by atoms with Crippen molar-refractivity contribution in [3.8, 4) is 33.4 Å². The highest BCUT2D eigenvalue weighted by Crippen LogP contribution is 2.45. The van der Waals surface area contributed by atoms with E-state index in [1.807, 2.05) is 0 Å². The molecule has 0 unspecified atom stereocenters. The Labute approximate surface area is 325 Å². The first-order chi connectivity index (χ1) is 27.7. The van der Waals surface area contributed by atoms with Crippen LogP contribution in [0.2, 0.25) is 0 Å². The van der Waals surface area contributed by atoms with Crippen molar-refractivity contribution in [1.82, 2.24) is 0 Å². The van der Waals surface area contributed by atoms with E-state index in [-0.39, 0.29) is 0 Å². The molecular formula is C54H35NO. The van der Waals surface area contributed by atoms with Gasteiger partial charge in [-0.05, 0) is 103 Å². The van der Waals surface area contributed by atoms with Crippen LogP contribution in [0.25, 0.3) is 87.6 Å². The molecule has 0 saturated heterocycles. The second kappa shape index (κ2) is 13.2. The smallest absolute Gasteiger partial charge is 0.136 e. The zero-order valence-electron chi connectivity index (χ0n) is 30.6. The number of hydrogen-bond donors (Lipinski definition) is 0. The van der Waals surface area contributed by atoms with Gasteiger partial charge in [-0.1, -0.05) is 164 Å². The maximum atomic E-state index is 6.40. The molecule has 0 bridgehead atoms. The lowest BCUT2D eigenvalue weighted by Crippen LogP contribution is -2.11. The predicted octanol–water partition coefficient (Wildman–Crippen LogP) is 15.5. The van der Waals surface area contributed by atoms with Gasteiger partial charge in [-0.2, -0.15) is 0 Å². The van der Waals surface area contributed by atoms with Gasteiger partial charge in [0.1, 0.15) is 11.2 Å². The monoisotopic (exact) mass is 713 g/mol. The van der Waals surface area contributed by atoms with Crippen LogP contribution in [0.3, 0.4) is 0 Å². The zero-order chi connectivity index (χ0) is 37.0. The van der Waals surface area contributed by atoms with Crippen LogP contribution in [0.15, 0.2) is 217 Å². The average Bonchev–Trinajstić information content (AvgIpc) is 3.62. The Balaban J connectivity index is 1.02. The molecule has 2 heteroatoms. The molecule has 0 aliphatic rings. The molecule has 0 amide bonds. The number of benzene rings is 10. The molecule has 10 aromatic carbocycles. The minimum Gasteiger partial charge on any atom is -0.456 e. The van der Waals surface area contributed by atoms with Crippen LogP contribution >= 0.6 is 0 Å². The highest BCUT2D eigenvalue weighted by atomic mass is 16.3. The van der Waals surface area contributed by atoms with Gasteiger partial charge in [0.2, 0.25) is 0 Å². The van der Waals surface area contributed by atoms with E-state index in [1.165, 1.54) is 54.6 Å². The maximum Gasteiger partial charge on any atom is 0.136 e. The van der Waals surface area contributed by atoms with Gasteiger partial charge in [-0.3, -0.25) is 0 Å². The van der Waals surface area contributed by atoms with Gasteiger partial charge in [0, 0.05) is 27.4 Å². The van der Waals surface area contributed by atoms with Gasteiger partial charge in [-0.15, -0.1) is 0 Å². The van der Waals surface area contributed by atoms with E-state index in [9.17, 15) is 0 Å². The second-order valence-electron chi connectivity index (χ2n) is 14.5. The summed E-state index contributed by atoms with van der Waals surface area (Å²) < 4.78 is 6.40. The topological polar surface area (TPSA) is 16.4 Å². The van der Waals surface area contributed by atoms with Gasteiger partial charge in [0.25, 0.3) is 0 Å². The van der Waals surface area contributed by atoms with Crippen LogP contribution in [-0.2, 0) is 0 Å². The van der Waals surface area contributed by atoms with Crippen LogP contribution in [-0.4, -0.2) is 0 Å². The van der Waals surface area contributed by atoms with Crippen LogP contribution in [0, 0.1) is 0 Å². The molecule has 0 atom stereocenters.